The maximum Gasteiger partial charge on any atom is 0.407 e. The van der Waals surface area contributed by atoms with Crippen molar-refractivity contribution in [2.45, 2.75) is 18.9 Å². The highest BCUT2D eigenvalue weighted by molar-refractivity contribution is 6.04. The van der Waals surface area contributed by atoms with Crippen molar-refractivity contribution in [3.63, 3.8) is 0 Å². The van der Waals surface area contributed by atoms with E-state index in [1.807, 2.05) is 0 Å². The minimum atomic E-state index is -1.08. The number of nitrogens with zero attached hydrogens (tertiary/aromatic N) is 4. The number of hydrogen-bond donors (Lipinski definition) is 4. The minimum absolute atomic E-state index is 0.0390. The second kappa shape index (κ2) is 8.38. The fraction of sp³-hybridized carbons (Fsp3) is 0.190. The van der Waals surface area contributed by atoms with Crippen LogP contribution in [0.15, 0.2) is 48.7 Å². The Labute approximate surface area is 182 Å². The normalized spacial score (nSPS) is 15.5. The molecule has 0 bridgehead atoms. The first-order valence-electron chi connectivity index (χ1n) is 9.86. The number of carbonyl (C=O) groups excluding carboxylic acids is 2. The van der Waals surface area contributed by atoms with Gasteiger partial charge in [-0.3, -0.25) is 14.5 Å². The molecular formula is C21H21N7O4. The highest BCUT2D eigenvalue weighted by Crippen LogP contribution is 2.34. The predicted octanol–water partition coefficient (Wildman–Crippen LogP) is 1.82. The molecule has 1 atom stereocenters. The SMILES string of the molecule is NC(=O)c1c(-c2ccc(C(=O)Nc3ccccn3)cc2)nc([C@@H]2CCCN2C(=O)O)n1N. The zero-order valence-corrected chi connectivity index (χ0v) is 16.9. The van der Waals surface area contributed by atoms with Gasteiger partial charge in [0.15, 0.2) is 11.5 Å². The molecule has 4 rings (SSSR count). The standard InChI is InChI=1S/C21H21N7O4/c22-18(29)17-16(26-19(28(17)23)14-4-3-11-27(14)21(31)32)12-6-8-13(9-7-12)20(30)25-15-5-1-2-10-24-15/h1-2,5-10,14H,3-4,11,23H2,(H2,22,29)(H,31,32)(H,24,25,30)/t14-/m0/s1. The second-order valence-electron chi connectivity index (χ2n) is 7.28. The van der Waals surface area contributed by atoms with Gasteiger partial charge in [0.2, 0.25) is 0 Å². The second-order valence-corrected chi connectivity index (χ2v) is 7.28. The van der Waals surface area contributed by atoms with Crippen molar-refractivity contribution < 1.29 is 19.5 Å². The van der Waals surface area contributed by atoms with E-state index in [0.717, 1.165) is 4.68 Å². The number of carbonyl (C=O) groups is 3. The molecule has 6 N–H and O–H groups in total. The molecule has 0 unspecified atom stereocenters. The number of primary amides is 1. The number of imidazole rings is 1. The smallest absolute Gasteiger partial charge is 0.407 e. The van der Waals surface area contributed by atoms with Gasteiger partial charge in [0.25, 0.3) is 11.8 Å². The van der Waals surface area contributed by atoms with E-state index < -0.39 is 18.0 Å². The van der Waals surface area contributed by atoms with Gasteiger partial charge < -0.3 is 22.0 Å². The highest BCUT2D eigenvalue weighted by atomic mass is 16.4. The molecule has 32 heavy (non-hydrogen) atoms. The molecule has 3 amide bonds. The Morgan fingerprint density at radius 2 is 1.88 bits per heavy atom. The van der Waals surface area contributed by atoms with Crippen molar-refractivity contribution in [1.29, 1.82) is 0 Å². The number of hydrogen-bond acceptors (Lipinski definition) is 6. The van der Waals surface area contributed by atoms with Crippen LogP contribution in [-0.2, 0) is 0 Å². The molecule has 1 aliphatic rings. The first-order valence-corrected chi connectivity index (χ1v) is 9.86. The largest absolute Gasteiger partial charge is 0.465 e. The van der Waals surface area contributed by atoms with Gasteiger partial charge in [-0.2, -0.15) is 0 Å². The average Bonchev–Trinajstić information content (AvgIpc) is 3.39. The summed E-state index contributed by atoms with van der Waals surface area (Å²) in [5, 5.41) is 12.1. The topological polar surface area (TPSA) is 169 Å². The molecule has 0 spiro atoms. The number of anilines is 1. The molecule has 1 aromatic carbocycles. The van der Waals surface area contributed by atoms with E-state index in [1.165, 1.54) is 4.90 Å². The number of amides is 3. The first-order chi connectivity index (χ1) is 15.4. The fourth-order valence-electron chi connectivity index (χ4n) is 3.79. The quantitative estimate of drug-likeness (QED) is 0.443. The number of pyridine rings is 1. The monoisotopic (exact) mass is 435 g/mol. The van der Waals surface area contributed by atoms with Gasteiger partial charge in [-0.1, -0.05) is 18.2 Å². The van der Waals surface area contributed by atoms with Crippen molar-refractivity contribution in [1.82, 2.24) is 19.5 Å². The molecule has 3 heterocycles. The molecule has 164 valence electrons. The van der Waals surface area contributed by atoms with E-state index in [1.54, 1.807) is 48.7 Å². The summed E-state index contributed by atoms with van der Waals surface area (Å²) in [5.74, 6) is 5.63. The van der Waals surface area contributed by atoms with Gasteiger partial charge in [-0.15, -0.1) is 0 Å². The van der Waals surface area contributed by atoms with E-state index in [4.69, 9.17) is 11.6 Å². The van der Waals surface area contributed by atoms with Crippen LogP contribution < -0.4 is 16.9 Å². The van der Waals surface area contributed by atoms with Crippen molar-refractivity contribution in [3.05, 3.63) is 65.7 Å². The van der Waals surface area contributed by atoms with E-state index in [2.05, 4.69) is 15.3 Å². The third-order valence-corrected chi connectivity index (χ3v) is 5.30. The lowest BCUT2D eigenvalue weighted by Crippen LogP contribution is -2.32. The number of benzene rings is 1. The third kappa shape index (κ3) is 3.83. The van der Waals surface area contributed by atoms with E-state index in [9.17, 15) is 19.5 Å². The van der Waals surface area contributed by atoms with Crippen molar-refractivity contribution in [2.24, 2.45) is 5.73 Å². The zero-order chi connectivity index (χ0) is 22.8. The van der Waals surface area contributed by atoms with Crippen LogP contribution in [0.5, 0.6) is 0 Å². The molecule has 1 saturated heterocycles. The summed E-state index contributed by atoms with van der Waals surface area (Å²) in [6.45, 7) is 0.355. The van der Waals surface area contributed by atoms with E-state index in [-0.39, 0.29) is 23.1 Å². The van der Waals surface area contributed by atoms with Crippen LogP contribution >= 0.6 is 0 Å². The molecule has 0 aliphatic carbocycles. The Morgan fingerprint density at radius 3 is 2.50 bits per heavy atom. The number of carboxylic acid groups (broad SMARTS) is 1. The fourth-order valence-corrected chi connectivity index (χ4v) is 3.79. The van der Waals surface area contributed by atoms with Crippen LogP contribution in [0, 0.1) is 0 Å². The van der Waals surface area contributed by atoms with Crippen molar-refractivity contribution in [2.75, 3.05) is 17.7 Å². The predicted molar refractivity (Wildman–Crippen MR) is 115 cm³/mol. The number of nitrogens with two attached hydrogens (primary N) is 2. The number of aromatic nitrogens is 3. The number of likely N-dealkylation sites (tertiary alicyclic amines) is 1. The van der Waals surface area contributed by atoms with Crippen LogP contribution in [0.2, 0.25) is 0 Å². The molecule has 11 nitrogen and oxygen atoms in total. The van der Waals surface area contributed by atoms with Crippen molar-refractivity contribution in [3.8, 4) is 11.3 Å². The Balaban J connectivity index is 1.65. The van der Waals surface area contributed by atoms with Crippen molar-refractivity contribution >= 4 is 23.7 Å². The molecule has 2 aromatic heterocycles. The van der Waals surface area contributed by atoms with E-state index in [0.29, 0.717) is 36.3 Å². The van der Waals surface area contributed by atoms with Crippen LogP contribution in [0.1, 0.15) is 45.6 Å². The number of rotatable bonds is 5. The summed E-state index contributed by atoms with van der Waals surface area (Å²) in [4.78, 5) is 45.9. The summed E-state index contributed by atoms with van der Waals surface area (Å²) >= 11 is 0. The van der Waals surface area contributed by atoms with Gasteiger partial charge >= 0.3 is 6.09 Å². The Kier molecular flexibility index (Phi) is 5.46. The molecular weight excluding hydrogens is 414 g/mol. The minimum Gasteiger partial charge on any atom is -0.465 e. The van der Waals surface area contributed by atoms with Crippen LogP contribution in [0.3, 0.4) is 0 Å². The lowest BCUT2D eigenvalue weighted by atomic mass is 10.1. The van der Waals surface area contributed by atoms with Gasteiger partial charge in [0.1, 0.15) is 11.5 Å². The van der Waals surface area contributed by atoms with Crippen LogP contribution in [0.25, 0.3) is 11.3 Å². The Bertz CT molecular complexity index is 1170. The van der Waals surface area contributed by atoms with Crippen LogP contribution in [-0.4, -0.2) is 49.1 Å². The maximum atomic E-state index is 12.4. The lowest BCUT2D eigenvalue weighted by Gasteiger charge is -2.20. The first kappa shape index (κ1) is 20.8. The maximum absolute atomic E-state index is 12.4. The Hall–Kier alpha value is -4.41. The zero-order valence-electron chi connectivity index (χ0n) is 16.9. The summed E-state index contributed by atoms with van der Waals surface area (Å²) in [6, 6.07) is 11.0. The summed E-state index contributed by atoms with van der Waals surface area (Å²) in [7, 11) is 0. The lowest BCUT2D eigenvalue weighted by molar-refractivity contribution is 0.0991. The molecule has 3 aromatic rings. The molecule has 0 saturated carbocycles. The third-order valence-electron chi connectivity index (χ3n) is 5.30. The van der Waals surface area contributed by atoms with Gasteiger partial charge in [0, 0.05) is 23.9 Å². The van der Waals surface area contributed by atoms with Crippen LogP contribution in [0.4, 0.5) is 10.6 Å². The average molecular weight is 435 g/mol. The molecule has 1 aliphatic heterocycles. The van der Waals surface area contributed by atoms with E-state index >= 15 is 0 Å². The summed E-state index contributed by atoms with van der Waals surface area (Å²) < 4.78 is 1.06. The molecule has 11 heteroatoms. The van der Waals surface area contributed by atoms with Gasteiger partial charge in [0.05, 0.1) is 6.04 Å². The summed E-state index contributed by atoms with van der Waals surface area (Å²) in [6.07, 6.45) is 1.68. The molecule has 1 fully saturated rings. The van der Waals surface area contributed by atoms with Gasteiger partial charge in [-0.05, 0) is 37.1 Å². The highest BCUT2D eigenvalue weighted by Gasteiger charge is 2.35. The summed E-state index contributed by atoms with van der Waals surface area (Å²) in [5.41, 5.74) is 6.62. The van der Waals surface area contributed by atoms with Gasteiger partial charge in [-0.25, -0.2) is 19.4 Å². The molecule has 0 radical (unpaired) electrons. The number of nitrogen functional groups attached to an aromatic ring is 1. The Morgan fingerprint density at radius 1 is 1.12 bits per heavy atom. The number of nitrogens with one attached hydrogen (secondary N) is 1.